The fourth-order valence-corrected chi connectivity index (χ4v) is 2.96. The van der Waals surface area contributed by atoms with Gasteiger partial charge in [-0.1, -0.05) is 19.9 Å². The van der Waals surface area contributed by atoms with E-state index in [0.717, 1.165) is 10.6 Å². The van der Waals surface area contributed by atoms with Gasteiger partial charge in [0.2, 0.25) is 0 Å². The Balaban J connectivity index is 2.39. The van der Waals surface area contributed by atoms with Crippen LogP contribution in [0, 0.1) is 0 Å². The molecule has 1 aliphatic rings. The quantitative estimate of drug-likeness (QED) is 0.792. The molecule has 1 aromatic carbocycles. The number of hydrogen-bond donors (Lipinski definition) is 1. The van der Waals surface area contributed by atoms with E-state index in [2.05, 4.69) is 13.8 Å². The fourth-order valence-electron chi connectivity index (χ4n) is 1.92. The number of nitrogens with zero attached hydrogens (tertiary/aromatic N) is 1. The summed E-state index contributed by atoms with van der Waals surface area (Å²) in [6, 6.07) is 5.85. The molecular weight excluding hydrogens is 250 g/mol. The molecule has 1 N–H and O–H groups in total. The first kappa shape index (κ1) is 13.0. The maximum Gasteiger partial charge on any atom is 0.394 e. The molecule has 1 amide bonds. The Bertz CT molecular complexity index is 499. The molecule has 0 bridgehead atoms. The predicted molar refractivity (Wildman–Crippen MR) is 71.2 cm³/mol. The minimum Gasteiger partial charge on any atom is -0.474 e. The van der Waals surface area contributed by atoms with Crippen LogP contribution in [-0.4, -0.2) is 29.3 Å². The van der Waals surface area contributed by atoms with Gasteiger partial charge < -0.3 is 10.0 Å². The van der Waals surface area contributed by atoms with E-state index >= 15 is 0 Å². The predicted octanol–water partition coefficient (Wildman–Crippen LogP) is 2.33. The smallest absolute Gasteiger partial charge is 0.394 e. The second-order valence-electron chi connectivity index (χ2n) is 4.49. The number of fused-ring (bicyclic) bond motifs is 1. The highest BCUT2D eigenvalue weighted by molar-refractivity contribution is 7.99. The molecule has 1 heterocycles. The van der Waals surface area contributed by atoms with Crippen molar-refractivity contribution in [3.05, 3.63) is 23.8 Å². The molecule has 1 aliphatic heterocycles. The van der Waals surface area contributed by atoms with Crippen LogP contribution in [-0.2, 0) is 9.59 Å². The molecule has 0 saturated carbocycles. The van der Waals surface area contributed by atoms with Gasteiger partial charge in [0, 0.05) is 17.2 Å². The van der Waals surface area contributed by atoms with E-state index in [9.17, 15) is 9.59 Å². The van der Waals surface area contributed by atoms with Crippen molar-refractivity contribution in [2.24, 2.45) is 0 Å². The third kappa shape index (κ3) is 2.36. The van der Waals surface area contributed by atoms with Crippen molar-refractivity contribution in [3.63, 3.8) is 0 Å². The lowest BCUT2D eigenvalue weighted by Crippen LogP contribution is -2.39. The topological polar surface area (TPSA) is 57.6 Å². The lowest BCUT2D eigenvalue weighted by molar-refractivity contribution is -0.148. The molecule has 0 aliphatic carbocycles. The number of anilines is 1. The van der Waals surface area contributed by atoms with Gasteiger partial charge in [-0.3, -0.25) is 4.79 Å². The molecular formula is C13H15NO3S. The van der Waals surface area contributed by atoms with E-state index in [4.69, 9.17) is 5.11 Å². The van der Waals surface area contributed by atoms with Crippen LogP contribution in [0.4, 0.5) is 5.69 Å². The van der Waals surface area contributed by atoms with Gasteiger partial charge >= 0.3 is 11.9 Å². The summed E-state index contributed by atoms with van der Waals surface area (Å²) in [4.78, 5) is 24.7. The number of rotatable bonds is 1. The van der Waals surface area contributed by atoms with Crippen molar-refractivity contribution in [2.45, 2.75) is 24.7 Å². The summed E-state index contributed by atoms with van der Waals surface area (Å²) in [5, 5.41) is 8.80. The lowest BCUT2D eigenvalue weighted by Gasteiger charge is -2.28. The number of aliphatic carboxylic acids is 1. The summed E-state index contributed by atoms with van der Waals surface area (Å²) in [6.45, 7) is 4.66. The van der Waals surface area contributed by atoms with Crippen molar-refractivity contribution in [3.8, 4) is 0 Å². The average Bonchev–Trinajstić information content (AvgIpc) is 2.36. The van der Waals surface area contributed by atoms with Crippen LogP contribution in [0.3, 0.4) is 0 Å². The summed E-state index contributed by atoms with van der Waals surface area (Å²) in [7, 11) is 0. The van der Waals surface area contributed by atoms with Crippen molar-refractivity contribution < 1.29 is 14.7 Å². The Morgan fingerprint density at radius 3 is 2.72 bits per heavy atom. The maximum atomic E-state index is 11.6. The normalized spacial score (nSPS) is 14.5. The number of thioether (sulfide) groups is 1. The molecule has 0 atom stereocenters. The van der Waals surface area contributed by atoms with Crippen LogP contribution in [0.15, 0.2) is 23.1 Å². The summed E-state index contributed by atoms with van der Waals surface area (Å²) in [5.41, 5.74) is 1.91. The van der Waals surface area contributed by atoms with Crippen molar-refractivity contribution >= 4 is 29.3 Å². The van der Waals surface area contributed by atoms with E-state index in [1.165, 1.54) is 10.5 Å². The van der Waals surface area contributed by atoms with Gasteiger partial charge in [-0.25, -0.2) is 4.79 Å². The second-order valence-corrected chi connectivity index (χ2v) is 5.63. The third-order valence-electron chi connectivity index (χ3n) is 2.94. The Labute approximate surface area is 110 Å². The zero-order chi connectivity index (χ0) is 13.3. The Hall–Kier alpha value is -1.49. The molecule has 0 aromatic heterocycles. The second kappa shape index (κ2) is 5.02. The number of carbonyl (C=O) groups is 2. The lowest BCUT2D eigenvalue weighted by atomic mass is 10.0. The van der Waals surface area contributed by atoms with E-state index < -0.39 is 11.9 Å². The average molecular weight is 265 g/mol. The SMILES string of the molecule is CC(C)c1ccc2c(c1)SCCN2C(=O)C(=O)O. The van der Waals surface area contributed by atoms with Crippen LogP contribution in [0.5, 0.6) is 0 Å². The molecule has 2 rings (SSSR count). The van der Waals surface area contributed by atoms with E-state index in [-0.39, 0.29) is 0 Å². The highest BCUT2D eigenvalue weighted by atomic mass is 32.2. The zero-order valence-electron chi connectivity index (χ0n) is 10.3. The molecule has 96 valence electrons. The van der Waals surface area contributed by atoms with Gasteiger partial charge in [0.1, 0.15) is 0 Å². The first-order chi connectivity index (χ1) is 8.50. The van der Waals surface area contributed by atoms with Gasteiger partial charge in [0.05, 0.1) is 5.69 Å². The van der Waals surface area contributed by atoms with Crippen molar-refractivity contribution in [2.75, 3.05) is 17.2 Å². The van der Waals surface area contributed by atoms with Gasteiger partial charge in [0.15, 0.2) is 0 Å². The summed E-state index contributed by atoms with van der Waals surface area (Å²) < 4.78 is 0. The minimum absolute atomic E-state index is 0.418. The molecule has 0 radical (unpaired) electrons. The Morgan fingerprint density at radius 1 is 1.39 bits per heavy atom. The molecule has 0 unspecified atom stereocenters. The molecule has 1 aromatic rings. The highest BCUT2D eigenvalue weighted by Crippen LogP contribution is 2.36. The first-order valence-corrected chi connectivity index (χ1v) is 6.81. The number of carboxylic acids is 1. The summed E-state index contributed by atoms with van der Waals surface area (Å²) >= 11 is 1.67. The minimum atomic E-state index is -1.40. The van der Waals surface area contributed by atoms with Gasteiger partial charge in [-0.2, -0.15) is 0 Å². The highest BCUT2D eigenvalue weighted by Gasteiger charge is 2.27. The number of hydrogen-bond acceptors (Lipinski definition) is 3. The van der Waals surface area contributed by atoms with Crippen LogP contribution in [0.25, 0.3) is 0 Å². The molecule has 4 nitrogen and oxygen atoms in total. The van der Waals surface area contributed by atoms with Gasteiger partial charge in [-0.15, -0.1) is 11.8 Å². The summed E-state index contributed by atoms with van der Waals surface area (Å²) in [5.74, 6) is -1.11. The molecule has 0 fully saturated rings. The van der Waals surface area contributed by atoms with E-state index in [0.29, 0.717) is 18.2 Å². The first-order valence-electron chi connectivity index (χ1n) is 5.82. The number of carboxylic acid groups (broad SMARTS) is 1. The van der Waals surface area contributed by atoms with Crippen LogP contribution < -0.4 is 4.90 Å². The van der Waals surface area contributed by atoms with Crippen LogP contribution >= 0.6 is 11.8 Å². The molecule has 5 heteroatoms. The molecule has 0 spiro atoms. The van der Waals surface area contributed by atoms with Crippen molar-refractivity contribution in [1.29, 1.82) is 0 Å². The molecule has 0 saturated heterocycles. The Kier molecular flexibility index (Phi) is 3.61. The zero-order valence-corrected chi connectivity index (χ0v) is 11.2. The fraction of sp³-hybridized carbons (Fsp3) is 0.385. The number of benzene rings is 1. The maximum absolute atomic E-state index is 11.6. The monoisotopic (exact) mass is 265 g/mol. The van der Waals surface area contributed by atoms with Crippen LogP contribution in [0.1, 0.15) is 25.3 Å². The van der Waals surface area contributed by atoms with Gasteiger partial charge in [0.25, 0.3) is 0 Å². The third-order valence-corrected chi connectivity index (χ3v) is 3.97. The Morgan fingerprint density at radius 2 is 2.11 bits per heavy atom. The number of amides is 1. The van der Waals surface area contributed by atoms with E-state index in [1.54, 1.807) is 11.8 Å². The standard InChI is InChI=1S/C13H15NO3S/c1-8(2)9-3-4-10-11(7-9)18-6-5-14(10)12(15)13(16)17/h3-4,7-8H,5-6H2,1-2H3,(H,16,17). The van der Waals surface area contributed by atoms with E-state index in [1.807, 2.05) is 18.2 Å². The van der Waals surface area contributed by atoms with Crippen molar-refractivity contribution in [1.82, 2.24) is 0 Å². The molecule has 18 heavy (non-hydrogen) atoms. The van der Waals surface area contributed by atoms with Gasteiger partial charge in [-0.05, 0) is 23.6 Å². The largest absolute Gasteiger partial charge is 0.474 e. The number of carbonyl (C=O) groups excluding carboxylic acids is 1. The van der Waals surface area contributed by atoms with Crippen LogP contribution in [0.2, 0.25) is 0 Å². The summed E-state index contributed by atoms with van der Waals surface area (Å²) in [6.07, 6.45) is 0.